The number of likely N-dealkylation sites (tertiary alicyclic amines) is 1. The van der Waals surface area contributed by atoms with E-state index in [9.17, 15) is 19.2 Å². The first-order valence-corrected chi connectivity index (χ1v) is 19.2. The fourth-order valence-electron chi connectivity index (χ4n) is 6.35. The molecule has 0 unspecified atom stereocenters. The number of pyridine rings is 1. The number of aromatic nitrogens is 6. The average Bonchev–Trinajstić information content (AvgIpc) is 3.50. The van der Waals surface area contributed by atoms with E-state index >= 15 is 0 Å². The maximum Gasteiger partial charge on any atom is 0.408 e. The van der Waals surface area contributed by atoms with Crippen LogP contribution in [0.25, 0.3) is 5.65 Å². The summed E-state index contributed by atoms with van der Waals surface area (Å²) in [6, 6.07) is 1.48. The highest BCUT2D eigenvalue weighted by Gasteiger charge is 2.32. The molecule has 300 valence electrons. The van der Waals surface area contributed by atoms with Crippen LogP contribution in [0.5, 0.6) is 5.88 Å². The highest BCUT2D eigenvalue weighted by Crippen LogP contribution is 2.43. The van der Waals surface area contributed by atoms with Crippen LogP contribution in [-0.2, 0) is 20.9 Å². The number of ether oxygens (including phenoxy) is 2. The third kappa shape index (κ3) is 10.9. The number of nitrogens with zero attached hydrogens (tertiary/aromatic N) is 7. The molecule has 1 aliphatic carbocycles. The Balaban J connectivity index is 0.965. The van der Waals surface area contributed by atoms with Crippen LogP contribution in [0.2, 0.25) is 10.2 Å². The molecule has 1 saturated carbocycles. The quantitative estimate of drug-likeness (QED) is 0.101. The van der Waals surface area contributed by atoms with Crippen LogP contribution in [0.1, 0.15) is 77.3 Å². The maximum absolute atomic E-state index is 13.4. The van der Waals surface area contributed by atoms with E-state index < -0.39 is 23.8 Å². The third-order valence-electron chi connectivity index (χ3n) is 9.08. The molecule has 20 heteroatoms. The molecule has 0 spiro atoms. The number of nitrogen functional groups attached to an aromatic ring is 1. The van der Waals surface area contributed by atoms with Gasteiger partial charge in [-0.3, -0.25) is 9.59 Å². The zero-order valence-corrected chi connectivity index (χ0v) is 32.9. The number of fused-ring (bicyclic) bond motifs is 1. The van der Waals surface area contributed by atoms with Gasteiger partial charge in [0.25, 0.3) is 0 Å². The van der Waals surface area contributed by atoms with Crippen LogP contribution >= 0.6 is 23.2 Å². The topological polar surface area (TPSA) is 225 Å². The van der Waals surface area contributed by atoms with Gasteiger partial charge in [-0.1, -0.05) is 23.2 Å². The minimum absolute atomic E-state index is 0.0935. The smallest absolute Gasteiger partial charge is 0.408 e. The van der Waals surface area contributed by atoms with Crippen molar-refractivity contribution in [3.63, 3.8) is 0 Å². The van der Waals surface area contributed by atoms with E-state index in [0.717, 1.165) is 18.5 Å². The Bertz CT molecular complexity index is 2060. The van der Waals surface area contributed by atoms with Gasteiger partial charge >= 0.3 is 12.1 Å². The normalized spacial score (nSPS) is 16.0. The molecule has 5 amide bonds. The lowest BCUT2D eigenvalue weighted by Gasteiger charge is -2.24. The Morgan fingerprint density at radius 2 is 1.80 bits per heavy atom. The van der Waals surface area contributed by atoms with Crippen LogP contribution in [0.4, 0.5) is 26.9 Å². The zero-order valence-electron chi connectivity index (χ0n) is 31.4. The Morgan fingerprint density at radius 1 is 1.02 bits per heavy atom. The standard InChI is InChI=1S/C36H46Cl2N12O6/c1-36(2,3)56-35(54)46-24(6-4-12-48-14-11-40-33(48)39)31(52)43-23-10-13-49(20-23)29(51)7-5-15-55-32-25(16-22(37)18-42-32)44-34(53)45-26-19-41-28-17-27(38)47-50(28)30(26)21-8-9-21/h11,14,16-19,21,23-24H,4-10,12-13,15,20H2,1-3H3,(H2,39,40)(H,43,52)(H,46,54)(H2,44,45,53)/t23-,24+/m1/s1. The van der Waals surface area contributed by atoms with Crippen LogP contribution in [0.15, 0.2) is 36.9 Å². The molecule has 0 radical (unpaired) electrons. The Hall–Kier alpha value is -5.36. The largest absolute Gasteiger partial charge is 0.476 e. The summed E-state index contributed by atoms with van der Waals surface area (Å²) >= 11 is 12.3. The van der Waals surface area contributed by atoms with Gasteiger partial charge < -0.3 is 45.9 Å². The lowest BCUT2D eigenvalue weighted by molar-refractivity contribution is -0.131. The van der Waals surface area contributed by atoms with Crippen molar-refractivity contribution in [2.45, 2.75) is 95.9 Å². The van der Waals surface area contributed by atoms with Crippen molar-refractivity contribution in [1.29, 1.82) is 0 Å². The predicted octanol–water partition coefficient (Wildman–Crippen LogP) is 4.98. The Kier molecular flexibility index (Phi) is 12.7. The molecule has 18 nitrogen and oxygen atoms in total. The van der Waals surface area contributed by atoms with Gasteiger partial charge in [0.15, 0.2) is 16.7 Å². The van der Waals surface area contributed by atoms with Crippen molar-refractivity contribution in [3.05, 3.63) is 52.8 Å². The summed E-state index contributed by atoms with van der Waals surface area (Å²) in [4.78, 5) is 66.5. The molecule has 1 aliphatic heterocycles. The fourth-order valence-corrected chi connectivity index (χ4v) is 6.68. The van der Waals surface area contributed by atoms with Crippen molar-refractivity contribution in [3.8, 4) is 5.88 Å². The first-order valence-electron chi connectivity index (χ1n) is 18.5. The van der Waals surface area contributed by atoms with E-state index in [4.69, 9.17) is 38.4 Å². The molecule has 1 saturated heterocycles. The molecule has 6 rings (SSSR count). The van der Waals surface area contributed by atoms with Gasteiger partial charge in [-0.05, 0) is 65.4 Å². The number of nitrogens with one attached hydrogen (secondary N) is 4. The molecule has 4 aromatic heterocycles. The summed E-state index contributed by atoms with van der Waals surface area (Å²) in [5, 5.41) is 16.2. The number of carbonyl (C=O) groups excluding carboxylic acids is 4. The summed E-state index contributed by atoms with van der Waals surface area (Å²) in [5.41, 5.74) is 7.28. The number of hydrogen-bond donors (Lipinski definition) is 5. The summed E-state index contributed by atoms with van der Waals surface area (Å²) in [5.74, 6) is 0.272. The molecule has 4 aromatic rings. The number of alkyl carbamates (subject to hydrolysis) is 1. The van der Waals surface area contributed by atoms with Gasteiger partial charge in [-0.25, -0.2) is 29.1 Å². The number of anilines is 3. The van der Waals surface area contributed by atoms with E-state index in [0.29, 0.717) is 67.8 Å². The Morgan fingerprint density at radius 3 is 2.54 bits per heavy atom. The van der Waals surface area contributed by atoms with Crippen LogP contribution in [0.3, 0.4) is 0 Å². The van der Waals surface area contributed by atoms with E-state index in [-0.39, 0.29) is 53.4 Å². The fraction of sp³-hybridized carbons (Fsp3) is 0.500. The van der Waals surface area contributed by atoms with Crippen molar-refractivity contribution in [1.82, 2.24) is 44.7 Å². The molecule has 56 heavy (non-hydrogen) atoms. The second-order valence-electron chi connectivity index (χ2n) is 14.8. The molecule has 2 atom stereocenters. The minimum atomic E-state index is -0.855. The number of rotatable bonds is 15. The van der Waals surface area contributed by atoms with Gasteiger partial charge in [0, 0.05) is 62.7 Å². The van der Waals surface area contributed by atoms with E-state index in [2.05, 4.69) is 41.3 Å². The maximum atomic E-state index is 13.4. The van der Waals surface area contributed by atoms with E-state index in [1.165, 1.54) is 12.3 Å². The molecule has 2 fully saturated rings. The SMILES string of the molecule is CC(C)(C)OC(=O)N[C@@H](CCCn1ccnc1N)C(=O)N[C@@H]1CCN(C(=O)CCCOc2ncc(Cl)cc2NC(=O)Nc2cnc3cc(Cl)nn3c2C2CC2)C1. The molecular formula is C36H46Cl2N12O6. The number of hydrogen-bond acceptors (Lipinski definition) is 11. The number of urea groups is 1. The average molecular weight is 814 g/mol. The molecule has 5 heterocycles. The number of amides is 5. The van der Waals surface area contributed by atoms with Crippen molar-refractivity contribution in [2.75, 3.05) is 36.1 Å². The first kappa shape index (κ1) is 40.3. The van der Waals surface area contributed by atoms with Gasteiger partial charge in [-0.2, -0.15) is 5.10 Å². The van der Waals surface area contributed by atoms with Crippen molar-refractivity contribution < 1.29 is 28.7 Å². The van der Waals surface area contributed by atoms with Crippen LogP contribution in [-0.4, -0.2) is 95.4 Å². The predicted molar refractivity (Wildman–Crippen MR) is 209 cm³/mol. The summed E-state index contributed by atoms with van der Waals surface area (Å²) in [6.07, 6.45) is 9.54. The van der Waals surface area contributed by atoms with E-state index in [1.807, 2.05) is 0 Å². The summed E-state index contributed by atoms with van der Waals surface area (Å²) in [6.45, 7) is 6.69. The second-order valence-corrected chi connectivity index (χ2v) is 15.6. The number of aryl methyl sites for hydroxylation is 1. The van der Waals surface area contributed by atoms with Crippen molar-refractivity contribution >= 4 is 70.1 Å². The lowest BCUT2D eigenvalue weighted by Crippen LogP contribution is -2.51. The molecular weight excluding hydrogens is 767 g/mol. The number of nitrogens with two attached hydrogens (primary N) is 1. The van der Waals surface area contributed by atoms with Crippen molar-refractivity contribution in [2.24, 2.45) is 0 Å². The van der Waals surface area contributed by atoms with Crippen LogP contribution < -0.4 is 31.7 Å². The van der Waals surface area contributed by atoms with Gasteiger partial charge in [0.05, 0.1) is 29.2 Å². The molecule has 0 bridgehead atoms. The van der Waals surface area contributed by atoms with Gasteiger partial charge in [0.1, 0.15) is 17.3 Å². The lowest BCUT2D eigenvalue weighted by atomic mass is 10.1. The monoisotopic (exact) mass is 812 g/mol. The highest BCUT2D eigenvalue weighted by molar-refractivity contribution is 6.31. The molecule has 6 N–H and O–H groups in total. The number of carbonyl (C=O) groups is 4. The Labute approximate surface area is 333 Å². The zero-order chi connectivity index (χ0) is 40.0. The minimum Gasteiger partial charge on any atom is -0.476 e. The third-order valence-corrected chi connectivity index (χ3v) is 9.47. The number of imidazole rings is 1. The summed E-state index contributed by atoms with van der Waals surface area (Å²) < 4.78 is 14.7. The summed E-state index contributed by atoms with van der Waals surface area (Å²) in [7, 11) is 0. The highest BCUT2D eigenvalue weighted by atomic mass is 35.5. The molecule has 2 aliphatic rings. The number of halogens is 2. The second kappa shape index (κ2) is 17.6. The first-order chi connectivity index (χ1) is 26.7. The van der Waals surface area contributed by atoms with Crippen LogP contribution in [0, 0.1) is 0 Å². The van der Waals surface area contributed by atoms with Gasteiger partial charge in [0.2, 0.25) is 17.7 Å². The van der Waals surface area contributed by atoms with Gasteiger partial charge in [-0.15, -0.1) is 0 Å². The molecule has 0 aromatic carbocycles. The van der Waals surface area contributed by atoms with E-state index in [1.54, 1.807) is 59.4 Å².